The third kappa shape index (κ3) is 4.90. The van der Waals surface area contributed by atoms with Crippen LogP contribution in [0.3, 0.4) is 0 Å². The number of carbonyl (C=O) groups excluding carboxylic acids is 1. The fourth-order valence-corrected chi connectivity index (χ4v) is 2.04. The van der Waals surface area contributed by atoms with Gasteiger partial charge < -0.3 is 10.6 Å². The minimum atomic E-state index is -0.425. The minimum absolute atomic E-state index is 0.0434. The molecular weight excluding hydrogens is 326 g/mol. The van der Waals surface area contributed by atoms with Crippen LogP contribution < -0.4 is 10.6 Å². The maximum absolute atomic E-state index is 11.7. The fraction of sp³-hybridized carbons (Fsp3) is 0.462. The third-order valence-corrected chi connectivity index (χ3v) is 3.27. The number of amides is 1. The highest BCUT2D eigenvalue weighted by atomic mass is 79.9. The van der Waals surface area contributed by atoms with Crippen LogP contribution in [0.4, 0.5) is 5.69 Å². The molecule has 0 aliphatic carbocycles. The first-order valence-corrected chi connectivity index (χ1v) is 7.19. The van der Waals surface area contributed by atoms with Crippen LogP contribution in [0, 0.1) is 10.1 Å². The summed E-state index contributed by atoms with van der Waals surface area (Å²) < 4.78 is 0.767. The smallest absolute Gasteiger partial charge is 0.273 e. The van der Waals surface area contributed by atoms with Gasteiger partial charge in [0, 0.05) is 29.2 Å². The molecule has 0 saturated heterocycles. The van der Waals surface area contributed by atoms with Crippen molar-refractivity contribution in [3.63, 3.8) is 0 Å². The number of nitrogens with one attached hydrogen (secondary N) is 2. The zero-order chi connectivity index (χ0) is 15.1. The summed E-state index contributed by atoms with van der Waals surface area (Å²) in [5.74, 6) is -0.107. The van der Waals surface area contributed by atoms with Crippen molar-refractivity contribution in [1.29, 1.82) is 0 Å². The van der Waals surface area contributed by atoms with E-state index in [0.29, 0.717) is 12.1 Å². The molecule has 1 amide bonds. The SMILES string of the molecule is CCCNC(=O)C(C)NCc1cc(Br)ccc1[N+](=O)[O-]. The Morgan fingerprint density at radius 1 is 1.50 bits per heavy atom. The maximum Gasteiger partial charge on any atom is 0.273 e. The summed E-state index contributed by atoms with van der Waals surface area (Å²) in [5, 5.41) is 16.7. The molecule has 0 aromatic heterocycles. The molecule has 0 saturated carbocycles. The molecule has 0 aliphatic rings. The lowest BCUT2D eigenvalue weighted by molar-refractivity contribution is -0.385. The molecule has 1 rings (SSSR count). The molecule has 6 nitrogen and oxygen atoms in total. The van der Waals surface area contributed by atoms with Gasteiger partial charge >= 0.3 is 0 Å². The lowest BCUT2D eigenvalue weighted by Gasteiger charge is -2.14. The number of hydrogen-bond acceptors (Lipinski definition) is 4. The molecule has 0 spiro atoms. The van der Waals surface area contributed by atoms with Crippen LogP contribution in [-0.4, -0.2) is 23.4 Å². The molecule has 1 aromatic carbocycles. The Morgan fingerprint density at radius 2 is 2.20 bits per heavy atom. The van der Waals surface area contributed by atoms with Gasteiger partial charge in [0.15, 0.2) is 0 Å². The number of benzene rings is 1. The predicted octanol–water partition coefficient (Wildman–Crippen LogP) is 2.36. The molecule has 1 aromatic rings. The topological polar surface area (TPSA) is 84.3 Å². The first-order chi connectivity index (χ1) is 9.45. The summed E-state index contributed by atoms with van der Waals surface area (Å²) in [7, 11) is 0. The lowest BCUT2D eigenvalue weighted by atomic mass is 10.1. The van der Waals surface area contributed by atoms with E-state index in [1.54, 1.807) is 19.1 Å². The fourth-order valence-electron chi connectivity index (χ4n) is 1.63. The van der Waals surface area contributed by atoms with Gasteiger partial charge in [-0.05, 0) is 25.5 Å². The first kappa shape index (κ1) is 16.6. The first-order valence-electron chi connectivity index (χ1n) is 6.39. The quantitative estimate of drug-likeness (QED) is 0.587. The van der Waals surface area contributed by atoms with Crippen LogP contribution in [0.15, 0.2) is 22.7 Å². The third-order valence-electron chi connectivity index (χ3n) is 2.78. The Kier molecular flexibility index (Phi) is 6.60. The molecule has 1 unspecified atom stereocenters. The van der Waals surface area contributed by atoms with E-state index >= 15 is 0 Å². The molecular formula is C13H18BrN3O3. The van der Waals surface area contributed by atoms with Gasteiger partial charge in [0.2, 0.25) is 5.91 Å². The molecule has 0 heterocycles. The monoisotopic (exact) mass is 343 g/mol. The van der Waals surface area contributed by atoms with E-state index in [2.05, 4.69) is 26.6 Å². The van der Waals surface area contributed by atoms with Gasteiger partial charge in [-0.2, -0.15) is 0 Å². The Morgan fingerprint density at radius 3 is 2.80 bits per heavy atom. The molecule has 110 valence electrons. The number of nitro benzene ring substituents is 1. The van der Waals surface area contributed by atoms with E-state index in [1.165, 1.54) is 6.07 Å². The maximum atomic E-state index is 11.7. The van der Waals surface area contributed by atoms with Crippen molar-refractivity contribution < 1.29 is 9.72 Å². The number of nitrogens with zero attached hydrogens (tertiary/aromatic N) is 1. The van der Waals surface area contributed by atoms with Crippen molar-refractivity contribution in [2.24, 2.45) is 0 Å². The lowest BCUT2D eigenvalue weighted by Crippen LogP contribution is -2.42. The van der Waals surface area contributed by atoms with Crippen molar-refractivity contribution in [1.82, 2.24) is 10.6 Å². The highest BCUT2D eigenvalue weighted by molar-refractivity contribution is 9.10. The van der Waals surface area contributed by atoms with E-state index < -0.39 is 11.0 Å². The van der Waals surface area contributed by atoms with Crippen LogP contribution >= 0.6 is 15.9 Å². The molecule has 0 fully saturated rings. The standard InChI is InChI=1S/C13H18BrN3O3/c1-3-6-15-13(18)9(2)16-8-10-7-11(14)4-5-12(10)17(19)20/h4-5,7,9,16H,3,6,8H2,1-2H3,(H,15,18). The van der Waals surface area contributed by atoms with Gasteiger partial charge in [0.25, 0.3) is 5.69 Å². The van der Waals surface area contributed by atoms with Gasteiger partial charge in [-0.3, -0.25) is 14.9 Å². The van der Waals surface area contributed by atoms with Crippen LogP contribution in [0.5, 0.6) is 0 Å². The number of carbonyl (C=O) groups is 1. The zero-order valence-electron chi connectivity index (χ0n) is 11.5. The van der Waals surface area contributed by atoms with Gasteiger partial charge in [-0.25, -0.2) is 0 Å². The van der Waals surface area contributed by atoms with E-state index in [0.717, 1.165) is 10.9 Å². The molecule has 0 radical (unpaired) electrons. The highest BCUT2D eigenvalue weighted by Gasteiger charge is 2.16. The van der Waals surface area contributed by atoms with Gasteiger partial charge in [-0.15, -0.1) is 0 Å². The average Bonchev–Trinajstić information content (AvgIpc) is 2.41. The van der Waals surface area contributed by atoms with Crippen LogP contribution in [-0.2, 0) is 11.3 Å². The summed E-state index contributed by atoms with van der Waals surface area (Å²) in [6, 6.07) is 4.35. The number of hydrogen-bond donors (Lipinski definition) is 2. The summed E-state index contributed by atoms with van der Waals surface area (Å²) in [5.41, 5.74) is 0.585. The number of halogens is 1. The second kappa shape index (κ2) is 7.96. The van der Waals surface area contributed by atoms with E-state index in [1.807, 2.05) is 6.92 Å². The van der Waals surface area contributed by atoms with Gasteiger partial charge in [0.05, 0.1) is 11.0 Å². The predicted molar refractivity (Wildman–Crippen MR) is 80.4 cm³/mol. The average molecular weight is 344 g/mol. The Bertz CT molecular complexity index is 494. The van der Waals surface area contributed by atoms with Crippen molar-refractivity contribution in [3.05, 3.63) is 38.3 Å². The van der Waals surface area contributed by atoms with E-state index in [9.17, 15) is 14.9 Å². The molecule has 0 aliphatic heterocycles. The van der Waals surface area contributed by atoms with Crippen molar-refractivity contribution in [2.75, 3.05) is 6.54 Å². The van der Waals surface area contributed by atoms with Crippen molar-refractivity contribution in [2.45, 2.75) is 32.9 Å². The largest absolute Gasteiger partial charge is 0.355 e. The van der Waals surface area contributed by atoms with Crippen molar-refractivity contribution >= 4 is 27.5 Å². The molecule has 0 bridgehead atoms. The molecule has 2 N–H and O–H groups in total. The molecule has 20 heavy (non-hydrogen) atoms. The number of nitro groups is 1. The van der Waals surface area contributed by atoms with Crippen molar-refractivity contribution in [3.8, 4) is 0 Å². The van der Waals surface area contributed by atoms with Crippen LogP contribution in [0.1, 0.15) is 25.8 Å². The second-order valence-corrected chi connectivity index (χ2v) is 5.34. The Labute approximate surface area is 126 Å². The van der Waals surface area contributed by atoms with Crippen LogP contribution in [0.2, 0.25) is 0 Å². The molecule has 1 atom stereocenters. The summed E-state index contributed by atoms with van der Waals surface area (Å²) in [6.45, 7) is 4.59. The van der Waals surface area contributed by atoms with E-state index in [-0.39, 0.29) is 18.1 Å². The normalized spacial score (nSPS) is 11.9. The van der Waals surface area contributed by atoms with Crippen LogP contribution in [0.25, 0.3) is 0 Å². The van der Waals surface area contributed by atoms with Gasteiger partial charge in [-0.1, -0.05) is 22.9 Å². The summed E-state index contributed by atoms with van der Waals surface area (Å²) in [4.78, 5) is 22.2. The highest BCUT2D eigenvalue weighted by Crippen LogP contribution is 2.22. The summed E-state index contributed by atoms with van der Waals surface area (Å²) in [6.07, 6.45) is 0.871. The Balaban J connectivity index is 2.67. The molecule has 7 heteroatoms. The number of rotatable bonds is 7. The summed E-state index contributed by atoms with van der Waals surface area (Å²) >= 11 is 3.29. The zero-order valence-corrected chi connectivity index (χ0v) is 13.1. The van der Waals surface area contributed by atoms with E-state index in [4.69, 9.17) is 0 Å². The minimum Gasteiger partial charge on any atom is -0.355 e. The second-order valence-electron chi connectivity index (χ2n) is 4.42. The van der Waals surface area contributed by atoms with Gasteiger partial charge in [0.1, 0.15) is 0 Å². The Hall–Kier alpha value is -1.47.